The third-order valence-corrected chi connectivity index (χ3v) is 4.36. The van der Waals surface area contributed by atoms with Crippen molar-refractivity contribution in [3.05, 3.63) is 0 Å². The minimum Gasteiger partial charge on any atom is -0.463 e. The van der Waals surface area contributed by atoms with Crippen LogP contribution in [-0.4, -0.2) is 71.6 Å². The first kappa shape index (κ1) is 26.0. The van der Waals surface area contributed by atoms with Crippen LogP contribution >= 0.6 is 11.6 Å². The lowest BCUT2D eigenvalue weighted by Gasteiger charge is -2.34. The lowest BCUT2D eigenvalue weighted by atomic mass is 10.1. The Hall–Kier alpha value is -2.07. The highest BCUT2D eigenvalue weighted by atomic mass is 35.5. The van der Waals surface area contributed by atoms with Crippen LogP contribution in [0.1, 0.15) is 53.9 Å². The second-order valence-corrected chi connectivity index (χ2v) is 8.39. The van der Waals surface area contributed by atoms with Gasteiger partial charge in [-0.2, -0.15) is 0 Å². The maximum absolute atomic E-state index is 12.7. The van der Waals surface area contributed by atoms with Crippen LogP contribution in [0, 0.1) is 0 Å². The summed E-state index contributed by atoms with van der Waals surface area (Å²) in [5.41, 5.74) is 2.15. The second-order valence-electron chi connectivity index (χ2n) is 8.01. The molecule has 0 aromatic rings. The fourth-order valence-electron chi connectivity index (χ4n) is 2.77. The monoisotopic (exact) mass is 448 g/mol. The first-order chi connectivity index (χ1) is 14.0. The minimum atomic E-state index is -0.864. The number of nitrogens with one attached hydrogen (secondary N) is 3. The van der Waals surface area contributed by atoms with Gasteiger partial charge in [-0.1, -0.05) is 6.92 Å². The highest BCUT2D eigenvalue weighted by Gasteiger charge is 2.32. The molecule has 0 aliphatic carbocycles. The van der Waals surface area contributed by atoms with Crippen molar-refractivity contribution in [3.63, 3.8) is 0 Å². The van der Waals surface area contributed by atoms with Crippen LogP contribution in [0.25, 0.3) is 0 Å². The zero-order chi connectivity index (χ0) is 22.9. The average Bonchev–Trinajstić information content (AvgIpc) is 2.68. The third kappa shape index (κ3) is 8.74. The molecule has 0 aromatic heterocycles. The molecule has 0 spiro atoms. The Kier molecular flexibility index (Phi) is 10.3. The van der Waals surface area contributed by atoms with E-state index in [0.29, 0.717) is 25.8 Å². The topological polar surface area (TPSA) is 126 Å². The molecule has 172 valence electrons. The molecule has 3 atom stereocenters. The molecule has 0 saturated carbocycles. The van der Waals surface area contributed by atoms with Gasteiger partial charge in [0.1, 0.15) is 30.3 Å². The van der Waals surface area contributed by atoms with E-state index in [1.54, 1.807) is 27.7 Å². The van der Waals surface area contributed by atoms with Gasteiger partial charge in [0.2, 0.25) is 5.91 Å². The Morgan fingerprint density at radius 1 is 1.23 bits per heavy atom. The summed E-state index contributed by atoms with van der Waals surface area (Å²) in [5, 5.41) is 6.41. The van der Waals surface area contributed by atoms with Gasteiger partial charge in [-0.3, -0.25) is 19.4 Å². The van der Waals surface area contributed by atoms with Crippen LogP contribution in [0.5, 0.6) is 0 Å². The number of hydrogen-bond donors (Lipinski definition) is 3. The van der Waals surface area contributed by atoms with Crippen molar-refractivity contribution in [2.45, 2.75) is 77.6 Å². The van der Waals surface area contributed by atoms with E-state index in [2.05, 4.69) is 16.1 Å². The molecule has 0 bridgehead atoms. The van der Waals surface area contributed by atoms with Gasteiger partial charge in [0.05, 0.1) is 5.88 Å². The number of carbonyl (C=O) groups excluding carboxylic acids is 4. The fraction of sp³-hybridized carbons (Fsp3) is 0.789. The molecular weight excluding hydrogens is 416 g/mol. The largest absolute Gasteiger partial charge is 0.463 e. The van der Waals surface area contributed by atoms with Crippen molar-refractivity contribution >= 4 is 35.5 Å². The summed E-state index contributed by atoms with van der Waals surface area (Å²) in [4.78, 5) is 49.1. The van der Waals surface area contributed by atoms with Crippen LogP contribution in [-0.2, 0) is 23.9 Å². The first-order valence-corrected chi connectivity index (χ1v) is 10.6. The molecule has 1 aliphatic heterocycles. The Bertz CT molecular complexity index is 625. The summed E-state index contributed by atoms with van der Waals surface area (Å²) in [7, 11) is 0. The smallest absolute Gasteiger partial charge is 0.408 e. The van der Waals surface area contributed by atoms with Gasteiger partial charge < -0.3 is 20.1 Å². The summed E-state index contributed by atoms with van der Waals surface area (Å²) >= 11 is 5.52. The molecule has 11 heteroatoms. The molecule has 1 saturated heterocycles. The number of esters is 1. The molecule has 0 radical (unpaired) electrons. The van der Waals surface area contributed by atoms with Crippen molar-refractivity contribution < 1.29 is 28.7 Å². The number of alkyl carbamates (subject to hydrolysis) is 1. The minimum absolute atomic E-state index is 0.0992. The van der Waals surface area contributed by atoms with Crippen LogP contribution in [0.4, 0.5) is 4.79 Å². The van der Waals surface area contributed by atoms with Crippen LogP contribution < -0.4 is 16.1 Å². The normalized spacial score (nSPS) is 18.7. The van der Waals surface area contributed by atoms with Crippen molar-refractivity contribution in [1.29, 1.82) is 0 Å². The van der Waals surface area contributed by atoms with Gasteiger partial charge in [0, 0.05) is 6.54 Å². The number of alkyl halides is 1. The predicted octanol–water partition coefficient (Wildman–Crippen LogP) is 1.07. The summed E-state index contributed by atoms with van der Waals surface area (Å²) in [6.07, 6.45) is 0.753. The van der Waals surface area contributed by atoms with Crippen molar-refractivity contribution in [2.24, 2.45) is 0 Å². The van der Waals surface area contributed by atoms with Crippen molar-refractivity contribution in [3.8, 4) is 0 Å². The molecule has 1 aliphatic rings. The lowest BCUT2D eigenvalue weighted by molar-refractivity contribution is -0.152. The quantitative estimate of drug-likeness (QED) is 0.374. The molecule has 0 aromatic carbocycles. The number of amides is 3. The van der Waals surface area contributed by atoms with E-state index in [-0.39, 0.29) is 12.5 Å². The molecule has 3 amide bonds. The van der Waals surface area contributed by atoms with Crippen molar-refractivity contribution in [1.82, 2.24) is 21.1 Å². The number of carbonyl (C=O) groups is 4. The van der Waals surface area contributed by atoms with Gasteiger partial charge >= 0.3 is 12.1 Å². The molecule has 1 rings (SSSR count). The van der Waals surface area contributed by atoms with E-state index in [4.69, 9.17) is 21.1 Å². The zero-order valence-corrected chi connectivity index (χ0v) is 19.0. The molecule has 1 heterocycles. The molecule has 3 unspecified atom stereocenters. The second kappa shape index (κ2) is 11.9. The number of halogens is 1. The SMILES string of the molecule is CCC(NC(=O)OC(C)(C)C)C(=O)NC(C)C(=O)N1CCCC(C(=O)OCCCl)N1. The maximum Gasteiger partial charge on any atom is 0.408 e. The summed E-state index contributed by atoms with van der Waals surface area (Å²) < 4.78 is 10.2. The van der Waals surface area contributed by atoms with E-state index in [1.807, 2.05) is 0 Å². The number of ether oxygens (including phenoxy) is 2. The van der Waals surface area contributed by atoms with Gasteiger partial charge in [0.25, 0.3) is 5.91 Å². The van der Waals surface area contributed by atoms with Crippen LogP contribution in [0.2, 0.25) is 0 Å². The number of rotatable bonds is 8. The van der Waals surface area contributed by atoms with Crippen LogP contribution in [0.15, 0.2) is 0 Å². The standard InChI is InChI=1S/C19H33ClN4O6/c1-6-13(22-18(28)30-19(3,4)5)15(25)21-12(2)16(26)24-10-7-8-14(23-24)17(27)29-11-9-20/h12-14,23H,6-11H2,1-5H3,(H,21,25)(H,22,28). The van der Waals surface area contributed by atoms with Crippen molar-refractivity contribution in [2.75, 3.05) is 19.0 Å². The maximum atomic E-state index is 12.7. The molecule has 10 nitrogen and oxygen atoms in total. The van der Waals surface area contributed by atoms with E-state index in [0.717, 1.165) is 0 Å². The molecule has 30 heavy (non-hydrogen) atoms. The molecular formula is C19H33ClN4O6. The average molecular weight is 449 g/mol. The first-order valence-electron chi connectivity index (χ1n) is 10.1. The number of hydrazine groups is 1. The molecule has 1 fully saturated rings. The van der Waals surface area contributed by atoms with Gasteiger partial charge in [0.15, 0.2) is 0 Å². The van der Waals surface area contributed by atoms with Gasteiger partial charge in [-0.05, 0) is 47.0 Å². The molecule has 3 N–H and O–H groups in total. The van der Waals surface area contributed by atoms with Gasteiger partial charge in [-0.25, -0.2) is 10.2 Å². The number of hydrogen-bond acceptors (Lipinski definition) is 7. The Labute approximate surface area is 182 Å². The van der Waals surface area contributed by atoms with E-state index in [1.165, 1.54) is 11.9 Å². The Balaban J connectivity index is 2.61. The Morgan fingerprint density at radius 3 is 2.47 bits per heavy atom. The van der Waals surface area contributed by atoms with Crippen LogP contribution in [0.3, 0.4) is 0 Å². The highest BCUT2D eigenvalue weighted by Crippen LogP contribution is 2.11. The predicted molar refractivity (Wildman–Crippen MR) is 111 cm³/mol. The van der Waals surface area contributed by atoms with E-state index in [9.17, 15) is 19.2 Å². The lowest BCUT2D eigenvalue weighted by Crippen LogP contribution is -2.60. The fourth-order valence-corrected chi connectivity index (χ4v) is 2.84. The van der Waals surface area contributed by atoms with E-state index >= 15 is 0 Å². The van der Waals surface area contributed by atoms with E-state index < -0.39 is 47.6 Å². The zero-order valence-electron chi connectivity index (χ0n) is 18.2. The summed E-state index contributed by atoms with van der Waals surface area (Å²) in [5.74, 6) is -1.18. The number of nitrogens with zero attached hydrogens (tertiary/aromatic N) is 1. The third-order valence-electron chi connectivity index (χ3n) is 4.20. The Morgan fingerprint density at radius 2 is 1.90 bits per heavy atom. The van der Waals surface area contributed by atoms with Gasteiger partial charge in [-0.15, -0.1) is 11.6 Å². The summed E-state index contributed by atoms with van der Waals surface area (Å²) in [6, 6.07) is -2.36. The highest BCUT2D eigenvalue weighted by molar-refractivity contribution is 6.18. The summed E-state index contributed by atoms with van der Waals surface area (Å²) in [6.45, 7) is 8.93.